The minimum atomic E-state index is -4.96. The molecule has 3 nitrogen and oxygen atoms in total. The van der Waals surface area contributed by atoms with Crippen molar-refractivity contribution in [2.75, 3.05) is 0 Å². The van der Waals surface area contributed by atoms with E-state index >= 15 is 0 Å². The van der Waals surface area contributed by atoms with Gasteiger partial charge in [-0.05, 0) is 12.8 Å². The molecule has 0 saturated carbocycles. The van der Waals surface area contributed by atoms with Crippen molar-refractivity contribution in [1.82, 2.24) is 0 Å². The normalized spacial score (nSPS) is 17.6. The van der Waals surface area contributed by atoms with Gasteiger partial charge in [-0.3, -0.25) is 4.79 Å². The van der Waals surface area contributed by atoms with Crippen LogP contribution in [0.15, 0.2) is 0 Å². The van der Waals surface area contributed by atoms with E-state index in [1.807, 2.05) is 0 Å². The first-order valence-corrected chi connectivity index (χ1v) is 8.82. The molecule has 0 spiro atoms. The Morgan fingerprint density at radius 3 is 1.23 bits per heavy atom. The van der Waals surface area contributed by atoms with Gasteiger partial charge in [-0.2, -0.15) is 26.3 Å². The molecule has 0 aromatic carbocycles. The predicted octanol–water partition coefficient (Wildman–Crippen LogP) is 5.08. The Morgan fingerprint density at radius 1 is 0.692 bits per heavy atom. The fourth-order valence-corrected chi connectivity index (χ4v) is 3.00. The minimum Gasteiger partial charge on any atom is -0.382 e. The molecule has 0 aliphatic rings. The van der Waals surface area contributed by atoms with E-state index in [4.69, 9.17) is 0 Å². The zero-order valence-corrected chi connectivity index (χ0v) is 15.1. The number of alkyl halides is 6. The van der Waals surface area contributed by atoms with Crippen LogP contribution in [0.2, 0.25) is 0 Å². The van der Waals surface area contributed by atoms with E-state index < -0.39 is 55.0 Å². The van der Waals surface area contributed by atoms with Gasteiger partial charge in [-0.15, -0.1) is 0 Å². The summed E-state index contributed by atoms with van der Waals surface area (Å²) < 4.78 is 77.0. The Hall–Kier alpha value is -0.830. The summed E-state index contributed by atoms with van der Waals surface area (Å²) in [6, 6.07) is 0. The Balaban J connectivity index is 5.68. The van der Waals surface area contributed by atoms with Crippen LogP contribution < -0.4 is 0 Å². The van der Waals surface area contributed by atoms with Crippen molar-refractivity contribution >= 4 is 5.78 Å². The monoisotopic (exact) mass is 394 g/mol. The largest absolute Gasteiger partial charge is 0.392 e. The molecule has 0 fully saturated rings. The van der Waals surface area contributed by atoms with Gasteiger partial charge in [0.25, 0.3) is 0 Å². The van der Waals surface area contributed by atoms with E-state index in [1.165, 1.54) is 0 Å². The van der Waals surface area contributed by atoms with Gasteiger partial charge in [0.15, 0.2) is 5.78 Å². The lowest BCUT2D eigenvalue weighted by Crippen LogP contribution is -2.56. The predicted molar refractivity (Wildman–Crippen MR) is 84.5 cm³/mol. The van der Waals surface area contributed by atoms with Crippen LogP contribution in [0.5, 0.6) is 0 Å². The number of Topliss-reactive ketones (excluding diaryl/α,β-unsaturated/α-hetero) is 1. The molecule has 26 heavy (non-hydrogen) atoms. The number of hydrogen-bond donors (Lipinski definition) is 2. The van der Waals surface area contributed by atoms with Crippen molar-refractivity contribution in [1.29, 1.82) is 0 Å². The quantitative estimate of drug-likeness (QED) is 0.358. The van der Waals surface area contributed by atoms with E-state index in [2.05, 4.69) is 0 Å². The molecule has 9 heteroatoms. The van der Waals surface area contributed by atoms with Gasteiger partial charge in [-0.1, -0.05) is 52.4 Å². The lowest BCUT2D eigenvalue weighted by Gasteiger charge is -2.37. The molecule has 0 aliphatic heterocycles. The number of hydrogen-bond acceptors (Lipinski definition) is 3. The number of carbonyl (C=O) groups is 1. The van der Waals surface area contributed by atoms with E-state index in [-0.39, 0.29) is 12.8 Å². The summed E-state index contributed by atoms with van der Waals surface area (Å²) in [7, 11) is 0. The van der Waals surface area contributed by atoms with Crippen LogP contribution in [0.3, 0.4) is 0 Å². The highest BCUT2D eigenvalue weighted by Gasteiger charge is 2.55. The van der Waals surface area contributed by atoms with Crippen molar-refractivity contribution in [3.05, 3.63) is 0 Å². The standard InChI is InChI=1S/C17H28F6O3/c1-3-5-7-9-14(25,11-16(18,19)20)13(24)15(26,10-8-6-4-2)12-17(21,22)23/h25-26H,3-12H2,1-2H3. The average Bonchev–Trinajstić information content (AvgIpc) is 2.43. The highest BCUT2D eigenvalue weighted by atomic mass is 19.4. The highest BCUT2D eigenvalue weighted by molar-refractivity contribution is 5.94. The van der Waals surface area contributed by atoms with Crippen LogP contribution in [0.25, 0.3) is 0 Å². The van der Waals surface area contributed by atoms with Gasteiger partial charge < -0.3 is 10.2 Å². The SMILES string of the molecule is CCCCCC(O)(CC(F)(F)F)C(=O)C(O)(CCCCC)CC(F)(F)F. The third-order valence-electron chi connectivity index (χ3n) is 4.22. The zero-order chi connectivity index (χ0) is 20.6. The van der Waals surface area contributed by atoms with Crippen LogP contribution in [0, 0.1) is 0 Å². The Morgan fingerprint density at radius 2 is 1.00 bits per heavy atom. The fraction of sp³-hybridized carbons (Fsp3) is 0.941. The van der Waals surface area contributed by atoms with Crippen molar-refractivity contribution in [2.24, 2.45) is 0 Å². The number of unbranched alkanes of at least 4 members (excludes halogenated alkanes) is 4. The van der Waals surface area contributed by atoms with E-state index in [9.17, 15) is 41.4 Å². The second-order valence-corrected chi connectivity index (χ2v) is 6.89. The second-order valence-electron chi connectivity index (χ2n) is 6.89. The van der Waals surface area contributed by atoms with E-state index in [1.54, 1.807) is 13.8 Å². The van der Waals surface area contributed by atoms with Gasteiger partial charge in [0.2, 0.25) is 0 Å². The maximum atomic E-state index is 12.8. The third kappa shape index (κ3) is 9.21. The van der Waals surface area contributed by atoms with Gasteiger partial charge in [-0.25, -0.2) is 0 Å². The topological polar surface area (TPSA) is 57.5 Å². The highest BCUT2D eigenvalue weighted by Crippen LogP contribution is 2.39. The molecule has 0 heterocycles. The molecule has 0 aromatic heterocycles. The number of halogens is 6. The molecule has 2 atom stereocenters. The van der Waals surface area contributed by atoms with Gasteiger partial charge >= 0.3 is 12.4 Å². The van der Waals surface area contributed by atoms with E-state index in [0.717, 1.165) is 0 Å². The van der Waals surface area contributed by atoms with Gasteiger partial charge in [0, 0.05) is 0 Å². The Bertz CT molecular complexity index is 397. The molecular formula is C17H28F6O3. The van der Waals surface area contributed by atoms with Crippen LogP contribution in [-0.4, -0.2) is 39.6 Å². The molecule has 2 unspecified atom stereocenters. The first-order valence-electron chi connectivity index (χ1n) is 8.82. The maximum absolute atomic E-state index is 12.8. The summed E-state index contributed by atoms with van der Waals surface area (Å²) in [6.45, 7) is 3.49. The summed E-state index contributed by atoms with van der Waals surface area (Å²) in [6.07, 6.45) is -13.1. The van der Waals surface area contributed by atoms with Crippen LogP contribution in [0.1, 0.15) is 78.1 Å². The lowest BCUT2D eigenvalue weighted by molar-refractivity contribution is -0.209. The molecule has 0 radical (unpaired) electrons. The summed E-state index contributed by atoms with van der Waals surface area (Å²) in [5.74, 6) is -1.79. The molecule has 0 amide bonds. The second kappa shape index (κ2) is 9.92. The van der Waals surface area contributed by atoms with Crippen LogP contribution >= 0.6 is 0 Å². The number of ketones is 1. The van der Waals surface area contributed by atoms with E-state index in [0.29, 0.717) is 25.7 Å². The summed E-state index contributed by atoms with van der Waals surface area (Å²) in [5.41, 5.74) is -6.14. The summed E-state index contributed by atoms with van der Waals surface area (Å²) in [4.78, 5) is 12.5. The Kier molecular flexibility index (Phi) is 9.60. The average molecular weight is 394 g/mol. The molecule has 156 valence electrons. The van der Waals surface area contributed by atoms with Gasteiger partial charge in [0.1, 0.15) is 11.2 Å². The zero-order valence-electron chi connectivity index (χ0n) is 15.1. The van der Waals surface area contributed by atoms with Crippen molar-refractivity contribution in [3.8, 4) is 0 Å². The number of aliphatic hydroxyl groups is 2. The fourth-order valence-electron chi connectivity index (χ4n) is 3.00. The smallest absolute Gasteiger partial charge is 0.382 e. The molecule has 2 N–H and O–H groups in total. The van der Waals surface area contributed by atoms with Crippen molar-refractivity contribution < 1.29 is 41.4 Å². The molecule has 0 aliphatic carbocycles. The number of rotatable bonds is 12. The summed E-state index contributed by atoms with van der Waals surface area (Å²) in [5, 5.41) is 20.7. The lowest BCUT2D eigenvalue weighted by atomic mass is 9.76. The van der Waals surface area contributed by atoms with Gasteiger partial charge in [0.05, 0.1) is 12.8 Å². The molecular weight excluding hydrogens is 366 g/mol. The molecule has 0 saturated heterocycles. The third-order valence-corrected chi connectivity index (χ3v) is 4.22. The molecule has 0 bridgehead atoms. The number of carbonyl (C=O) groups excluding carboxylic acids is 1. The minimum absolute atomic E-state index is 0.0336. The summed E-state index contributed by atoms with van der Waals surface area (Å²) >= 11 is 0. The maximum Gasteiger partial charge on any atom is 0.392 e. The van der Waals surface area contributed by atoms with Crippen molar-refractivity contribution in [2.45, 2.75) is 102 Å². The van der Waals surface area contributed by atoms with Crippen molar-refractivity contribution in [3.63, 3.8) is 0 Å². The van der Waals surface area contributed by atoms with Crippen LogP contribution in [-0.2, 0) is 4.79 Å². The first-order chi connectivity index (χ1) is 11.7. The Labute approximate surface area is 149 Å². The first kappa shape index (κ1) is 25.2. The van der Waals surface area contributed by atoms with Crippen LogP contribution in [0.4, 0.5) is 26.3 Å². The molecule has 0 aromatic rings. The molecule has 0 rings (SSSR count).